The van der Waals surface area contributed by atoms with Crippen LogP contribution in [0.2, 0.25) is 0 Å². The molecule has 8 heteroatoms. The van der Waals surface area contributed by atoms with Crippen LogP contribution in [0, 0.1) is 5.82 Å². The molecule has 1 aliphatic carbocycles. The van der Waals surface area contributed by atoms with Crippen LogP contribution in [0.25, 0.3) is 0 Å². The third-order valence-corrected chi connectivity index (χ3v) is 4.72. The van der Waals surface area contributed by atoms with Gasteiger partial charge in [0.1, 0.15) is 5.82 Å². The van der Waals surface area contributed by atoms with Gasteiger partial charge < -0.3 is 5.32 Å². The summed E-state index contributed by atoms with van der Waals surface area (Å²) in [5.74, 6) is -1.44. The second-order valence-corrected chi connectivity index (χ2v) is 7.34. The van der Waals surface area contributed by atoms with E-state index in [0.717, 1.165) is 25.0 Å². The molecule has 1 N–H and O–H groups in total. The molecule has 1 amide bonds. The van der Waals surface area contributed by atoms with Crippen LogP contribution in [-0.4, -0.2) is 20.4 Å². The predicted octanol–water partition coefficient (Wildman–Crippen LogP) is 2.41. The van der Waals surface area contributed by atoms with Crippen LogP contribution in [-0.2, 0) is 9.05 Å². The standard InChI is InChI=1S/C10H8BrClFNO3S/c11-7-4-8(13)6(3-9(7)18(12,16)17)10(15)14-5-1-2-5/h3-5H,1-2H2,(H,14,15). The Labute approximate surface area is 116 Å². The van der Waals surface area contributed by atoms with Crippen molar-refractivity contribution in [3.63, 3.8) is 0 Å². The number of hydrogen-bond acceptors (Lipinski definition) is 3. The summed E-state index contributed by atoms with van der Waals surface area (Å²) in [5.41, 5.74) is -0.329. The maximum Gasteiger partial charge on any atom is 0.262 e. The summed E-state index contributed by atoms with van der Waals surface area (Å²) in [6.07, 6.45) is 1.70. The Bertz CT molecular complexity index is 616. The van der Waals surface area contributed by atoms with Gasteiger partial charge in [-0.1, -0.05) is 0 Å². The van der Waals surface area contributed by atoms with Gasteiger partial charge >= 0.3 is 0 Å². The number of carbonyl (C=O) groups excluding carboxylic acids is 1. The van der Waals surface area contributed by atoms with E-state index in [9.17, 15) is 17.6 Å². The van der Waals surface area contributed by atoms with Crippen molar-refractivity contribution in [2.75, 3.05) is 0 Å². The fourth-order valence-corrected chi connectivity index (χ4v) is 3.55. The van der Waals surface area contributed by atoms with Crippen molar-refractivity contribution in [3.8, 4) is 0 Å². The third kappa shape index (κ3) is 3.02. The summed E-state index contributed by atoms with van der Waals surface area (Å²) >= 11 is 2.89. The first-order valence-corrected chi connectivity index (χ1v) is 8.14. The zero-order valence-corrected chi connectivity index (χ0v) is 12.1. The van der Waals surface area contributed by atoms with Gasteiger partial charge in [0, 0.05) is 21.2 Å². The molecule has 0 saturated heterocycles. The Morgan fingerprint density at radius 1 is 1.44 bits per heavy atom. The quantitative estimate of drug-likeness (QED) is 0.846. The minimum atomic E-state index is -4.04. The first-order valence-electron chi connectivity index (χ1n) is 5.03. The van der Waals surface area contributed by atoms with Gasteiger partial charge in [-0.05, 0) is 40.9 Å². The summed E-state index contributed by atoms with van der Waals surface area (Å²) in [5, 5.41) is 2.58. The van der Waals surface area contributed by atoms with Crippen LogP contribution >= 0.6 is 26.6 Å². The zero-order valence-electron chi connectivity index (χ0n) is 8.91. The molecule has 0 radical (unpaired) electrons. The van der Waals surface area contributed by atoms with E-state index in [4.69, 9.17) is 10.7 Å². The Morgan fingerprint density at radius 2 is 2.06 bits per heavy atom. The molecule has 0 heterocycles. The first-order chi connectivity index (χ1) is 8.29. The van der Waals surface area contributed by atoms with Crippen molar-refractivity contribution in [1.82, 2.24) is 5.32 Å². The molecular formula is C10H8BrClFNO3S. The largest absolute Gasteiger partial charge is 0.349 e. The van der Waals surface area contributed by atoms with Crippen LogP contribution in [0.15, 0.2) is 21.5 Å². The molecule has 0 aliphatic heterocycles. The van der Waals surface area contributed by atoms with E-state index in [1.807, 2.05) is 0 Å². The lowest BCUT2D eigenvalue weighted by atomic mass is 10.2. The average Bonchev–Trinajstić information content (AvgIpc) is 2.99. The lowest BCUT2D eigenvalue weighted by Crippen LogP contribution is -2.26. The Kier molecular flexibility index (Phi) is 3.66. The molecule has 0 atom stereocenters. The van der Waals surface area contributed by atoms with Gasteiger partial charge in [0.2, 0.25) is 0 Å². The number of halogens is 3. The van der Waals surface area contributed by atoms with Crippen LogP contribution < -0.4 is 5.32 Å². The summed E-state index contributed by atoms with van der Waals surface area (Å²) in [7, 11) is 1.16. The molecule has 0 spiro atoms. The number of amides is 1. The number of hydrogen-bond donors (Lipinski definition) is 1. The lowest BCUT2D eigenvalue weighted by molar-refractivity contribution is 0.0947. The van der Waals surface area contributed by atoms with Crippen LogP contribution in [0.3, 0.4) is 0 Å². The predicted molar refractivity (Wildman–Crippen MR) is 67.6 cm³/mol. The molecule has 1 aromatic carbocycles. The topological polar surface area (TPSA) is 63.2 Å². The van der Waals surface area contributed by atoms with Gasteiger partial charge in [-0.2, -0.15) is 0 Å². The van der Waals surface area contributed by atoms with Gasteiger partial charge in [-0.25, -0.2) is 12.8 Å². The molecule has 98 valence electrons. The van der Waals surface area contributed by atoms with E-state index in [1.54, 1.807) is 0 Å². The Morgan fingerprint density at radius 3 is 2.56 bits per heavy atom. The van der Waals surface area contributed by atoms with Gasteiger partial charge in [0.05, 0.1) is 10.5 Å². The molecule has 0 unspecified atom stereocenters. The van der Waals surface area contributed by atoms with Crippen LogP contribution in [0.5, 0.6) is 0 Å². The number of nitrogens with one attached hydrogen (secondary N) is 1. The highest BCUT2D eigenvalue weighted by atomic mass is 79.9. The van der Waals surface area contributed by atoms with Crippen molar-refractivity contribution < 1.29 is 17.6 Å². The molecule has 2 rings (SSSR count). The van der Waals surface area contributed by atoms with Crippen molar-refractivity contribution >= 4 is 41.6 Å². The van der Waals surface area contributed by atoms with E-state index in [0.29, 0.717) is 0 Å². The van der Waals surface area contributed by atoms with Crippen molar-refractivity contribution in [2.45, 2.75) is 23.8 Å². The van der Waals surface area contributed by atoms with Crippen molar-refractivity contribution in [2.24, 2.45) is 0 Å². The summed E-state index contributed by atoms with van der Waals surface area (Å²) in [6, 6.07) is 1.90. The Hall–Kier alpha value is -0.660. The van der Waals surface area contributed by atoms with Gasteiger partial charge in [0.25, 0.3) is 15.0 Å². The summed E-state index contributed by atoms with van der Waals surface area (Å²) in [6.45, 7) is 0. The third-order valence-electron chi connectivity index (χ3n) is 2.44. The molecule has 0 bridgehead atoms. The fourth-order valence-electron chi connectivity index (χ4n) is 1.38. The molecule has 1 saturated carbocycles. The highest BCUT2D eigenvalue weighted by Gasteiger charge is 2.27. The smallest absolute Gasteiger partial charge is 0.262 e. The number of carbonyl (C=O) groups is 1. The zero-order chi connectivity index (χ0) is 13.5. The van der Waals surface area contributed by atoms with E-state index in [2.05, 4.69) is 21.2 Å². The fraction of sp³-hybridized carbons (Fsp3) is 0.300. The average molecular weight is 357 g/mol. The van der Waals surface area contributed by atoms with Crippen molar-refractivity contribution in [1.29, 1.82) is 0 Å². The second-order valence-electron chi connectivity index (χ2n) is 3.95. The van der Waals surface area contributed by atoms with Crippen LogP contribution in [0.4, 0.5) is 4.39 Å². The molecule has 0 aromatic heterocycles. The summed E-state index contributed by atoms with van der Waals surface area (Å²) in [4.78, 5) is 11.4. The maximum atomic E-state index is 13.6. The minimum absolute atomic E-state index is 0.0158. The van der Waals surface area contributed by atoms with Gasteiger partial charge in [-0.3, -0.25) is 4.79 Å². The molecule has 1 aromatic rings. The van der Waals surface area contributed by atoms with E-state index < -0.39 is 20.8 Å². The summed E-state index contributed by atoms with van der Waals surface area (Å²) < 4.78 is 36.1. The molecule has 1 fully saturated rings. The monoisotopic (exact) mass is 355 g/mol. The SMILES string of the molecule is O=C(NC1CC1)c1cc(S(=O)(=O)Cl)c(Br)cc1F. The highest BCUT2D eigenvalue weighted by Crippen LogP contribution is 2.28. The lowest BCUT2D eigenvalue weighted by Gasteiger charge is -2.07. The van der Waals surface area contributed by atoms with Gasteiger partial charge in [0.15, 0.2) is 0 Å². The Balaban J connectivity index is 2.43. The number of rotatable bonds is 3. The first kappa shape index (κ1) is 13.8. The molecular weight excluding hydrogens is 349 g/mol. The molecule has 1 aliphatic rings. The van der Waals surface area contributed by atoms with Gasteiger partial charge in [-0.15, -0.1) is 0 Å². The minimum Gasteiger partial charge on any atom is -0.349 e. The highest BCUT2D eigenvalue weighted by molar-refractivity contribution is 9.10. The van der Waals surface area contributed by atoms with E-state index in [-0.39, 0.29) is 21.0 Å². The van der Waals surface area contributed by atoms with Crippen LogP contribution in [0.1, 0.15) is 23.2 Å². The van der Waals surface area contributed by atoms with E-state index in [1.165, 1.54) is 0 Å². The second kappa shape index (κ2) is 4.79. The normalized spacial score (nSPS) is 15.5. The van der Waals surface area contributed by atoms with Crippen molar-refractivity contribution in [3.05, 3.63) is 28.0 Å². The molecule has 18 heavy (non-hydrogen) atoms. The van der Waals surface area contributed by atoms with E-state index >= 15 is 0 Å². The maximum absolute atomic E-state index is 13.6. The number of benzene rings is 1. The molecule has 4 nitrogen and oxygen atoms in total.